The fraction of sp³-hybridized carbons (Fsp3) is 1.00. The summed E-state index contributed by atoms with van der Waals surface area (Å²) in [5, 5.41) is 28.2. The molecule has 0 aromatic heterocycles. The second-order valence-corrected chi connectivity index (χ2v) is 4.12. The van der Waals surface area contributed by atoms with Crippen molar-refractivity contribution in [3.05, 3.63) is 0 Å². The molecular formula is C9H19NO4. The van der Waals surface area contributed by atoms with Gasteiger partial charge in [-0.15, -0.1) is 0 Å². The zero-order valence-electron chi connectivity index (χ0n) is 8.50. The van der Waals surface area contributed by atoms with Gasteiger partial charge < -0.3 is 25.8 Å². The van der Waals surface area contributed by atoms with Crippen molar-refractivity contribution >= 4 is 0 Å². The van der Waals surface area contributed by atoms with E-state index in [-0.39, 0.29) is 12.5 Å². The molecule has 1 saturated heterocycles. The topological polar surface area (TPSA) is 95.9 Å². The first-order valence-corrected chi connectivity index (χ1v) is 4.87. The molecule has 5 N–H and O–H groups in total. The fourth-order valence-corrected chi connectivity index (χ4v) is 1.73. The van der Waals surface area contributed by atoms with Crippen molar-refractivity contribution in [2.45, 2.75) is 44.3 Å². The molecule has 0 radical (unpaired) electrons. The number of hydrogen-bond donors (Lipinski definition) is 4. The molecule has 2 unspecified atom stereocenters. The molecule has 0 saturated carbocycles. The highest BCUT2D eigenvalue weighted by atomic mass is 16.5. The number of hydrogen-bond acceptors (Lipinski definition) is 5. The molecule has 0 aromatic rings. The van der Waals surface area contributed by atoms with E-state index in [1.165, 1.54) is 0 Å². The Morgan fingerprint density at radius 3 is 2.29 bits per heavy atom. The van der Waals surface area contributed by atoms with Crippen LogP contribution in [-0.4, -0.2) is 52.4 Å². The third kappa shape index (κ3) is 2.07. The van der Waals surface area contributed by atoms with E-state index in [0.717, 1.165) is 0 Å². The van der Waals surface area contributed by atoms with Gasteiger partial charge in [0, 0.05) is 0 Å². The SMILES string of the molecule is CC(C)[C@@H]1OC(CO)[C@@H](N)[C@H](O)C1O. The van der Waals surface area contributed by atoms with Gasteiger partial charge in [-0.05, 0) is 5.92 Å². The van der Waals surface area contributed by atoms with E-state index in [1.807, 2.05) is 13.8 Å². The van der Waals surface area contributed by atoms with E-state index in [4.69, 9.17) is 15.6 Å². The molecule has 5 atom stereocenters. The van der Waals surface area contributed by atoms with Crippen molar-refractivity contribution in [3.8, 4) is 0 Å². The maximum absolute atomic E-state index is 9.65. The van der Waals surface area contributed by atoms with Crippen LogP contribution in [0.1, 0.15) is 13.8 Å². The molecule has 5 heteroatoms. The van der Waals surface area contributed by atoms with Crippen LogP contribution >= 0.6 is 0 Å². The van der Waals surface area contributed by atoms with Gasteiger partial charge >= 0.3 is 0 Å². The maximum Gasteiger partial charge on any atom is 0.108 e. The summed E-state index contributed by atoms with van der Waals surface area (Å²) in [5.74, 6) is 0.0706. The van der Waals surface area contributed by atoms with Gasteiger partial charge in [0.15, 0.2) is 0 Å². The molecular weight excluding hydrogens is 186 g/mol. The smallest absolute Gasteiger partial charge is 0.108 e. The van der Waals surface area contributed by atoms with E-state index in [1.54, 1.807) is 0 Å². The lowest BCUT2D eigenvalue weighted by Crippen LogP contribution is -2.63. The number of aliphatic hydroxyl groups is 3. The molecule has 0 aliphatic carbocycles. The van der Waals surface area contributed by atoms with Crippen LogP contribution in [0.25, 0.3) is 0 Å². The summed E-state index contributed by atoms with van der Waals surface area (Å²) >= 11 is 0. The van der Waals surface area contributed by atoms with E-state index < -0.39 is 30.5 Å². The van der Waals surface area contributed by atoms with E-state index >= 15 is 0 Å². The maximum atomic E-state index is 9.65. The Bertz CT molecular complexity index is 186. The number of nitrogens with two attached hydrogens (primary N) is 1. The van der Waals surface area contributed by atoms with Crippen molar-refractivity contribution < 1.29 is 20.1 Å². The second kappa shape index (κ2) is 4.55. The molecule has 84 valence electrons. The van der Waals surface area contributed by atoms with Crippen molar-refractivity contribution in [3.63, 3.8) is 0 Å². The predicted octanol–water partition coefficient (Wildman–Crippen LogP) is -1.55. The molecule has 0 aromatic carbocycles. The van der Waals surface area contributed by atoms with Crippen LogP contribution in [0.5, 0.6) is 0 Å². The lowest BCUT2D eigenvalue weighted by molar-refractivity contribution is -0.198. The Labute approximate surface area is 83.5 Å². The fourth-order valence-electron chi connectivity index (χ4n) is 1.73. The molecule has 0 amide bonds. The van der Waals surface area contributed by atoms with Crippen molar-refractivity contribution in [1.82, 2.24) is 0 Å². The number of rotatable bonds is 2. The zero-order chi connectivity index (χ0) is 10.9. The highest BCUT2D eigenvalue weighted by molar-refractivity contribution is 4.95. The molecule has 1 fully saturated rings. The van der Waals surface area contributed by atoms with E-state index in [9.17, 15) is 10.2 Å². The highest BCUT2D eigenvalue weighted by Gasteiger charge is 2.43. The molecule has 1 heterocycles. The van der Waals surface area contributed by atoms with Gasteiger partial charge in [0.05, 0.1) is 24.9 Å². The summed E-state index contributed by atoms with van der Waals surface area (Å²) in [4.78, 5) is 0. The van der Waals surface area contributed by atoms with Crippen LogP contribution in [-0.2, 0) is 4.74 Å². The average molecular weight is 205 g/mol. The molecule has 1 rings (SSSR count). The molecule has 1 aliphatic rings. The Balaban J connectivity index is 2.73. The van der Waals surface area contributed by atoms with E-state index in [0.29, 0.717) is 0 Å². The number of aliphatic hydroxyl groups excluding tert-OH is 3. The molecule has 1 aliphatic heterocycles. The predicted molar refractivity (Wildman–Crippen MR) is 50.6 cm³/mol. The molecule has 14 heavy (non-hydrogen) atoms. The van der Waals surface area contributed by atoms with Crippen LogP contribution in [0.15, 0.2) is 0 Å². The summed E-state index contributed by atoms with van der Waals surface area (Å²) in [6.07, 6.45) is -3.08. The number of ether oxygens (including phenoxy) is 1. The van der Waals surface area contributed by atoms with Gasteiger partial charge in [0.1, 0.15) is 12.2 Å². The Hall–Kier alpha value is -0.200. The van der Waals surface area contributed by atoms with Gasteiger partial charge in [-0.1, -0.05) is 13.8 Å². The second-order valence-electron chi connectivity index (χ2n) is 4.12. The van der Waals surface area contributed by atoms with Gasteiger partial charge in [-0.2, -0.15) is 0 Å². The quantitative estimate of drug-likeness (QED) is 0.438. The molecule has 5 nitrogen and oxygen atoms in total. The highest BCUT2D eigenvalue weighted by Crippen LogP contribution is 2.24. The minimum absolute atomic E-state index is 0.0706. The van der Waals surface area contributed by atoms with Crippen molar-refractivity contribution in [2.75, 3.05) is 6.61 Å². The first-order valence-electron chi connectivity index (χ1n) is 4.87. The van der Waals surface area contributed by atoms with Crippen molar-refractivity contribution in [1.29, 1.82) is 0 Å². The first kappa shape index (κ1) is 11.9. The lowest BCUT2D eigenvalue weighted by atomic mass is 9.88. The summed E-state index contributed by atoms with van der Waals surface area (Å²) in [6, 6.07) is -0.731. The van der Waals surface area contributed by atoms with E-state index in [2.05, 4.69) is 0 Å². The summed E-state index contributed by atoms with van der Waals surface area (Å²) < 4.78 is 5.41. The first-order chi connectivity index (χ1) is 6.49. The summed E-state index contributed by atoms with van der Waals surface area (Å²) in [5.41, 5.74) is 5.59. The Morgan fingerprint density at radius 2 is 1.86 bits per heavy atom. The van der Waals surface area contributed by atoms with Gasteiger partial charge in [-0.3, -0.25) is 0 Å². The monoisotopic (exact) mass is 205 g/mol. The van der Waals surface area contributed by atoms with Crippen molar-refractivity contribution in [2.24, 2.45) is 11.7 Å². The van der Waals surface area contributed by atoms with Gasteiger partial charge in [0.25, 0.3) is 0 Å². The van der Waals surface area contributed by atoms with Gasteiger partial charge in [0.2, 0.25) is 0 Å². The minimum atomic E-state index is -1.03. The third-order valence-corrected chi connectivity index (χ3v) is 2.68. The summed E-state index contributed by atoms with van der Waals surface area (Å²) in [6.45, 7) is 3.52. The third-order valence-electron chi connectivity index (χ3n) is 2.68. The largest absolute Gasteiger partial charge is 0.394 e. The van der Waals surface area contributed by atoms with Crippen LogP contribution in [0.2, 0.25) is 0 Å². The van der Waals surface area contributed by atoms with Crippen LogP contribution in [0.3, 0.4) is 0 Å². The Morgan fingerprint density at radius 1 is 1.29 bits per heavy atom. The van der Waals surface area contributed by atoms with Crippen LogP contribution < -0.4 is 5.73 Å². The molecule has 0 spiro atoms. The average Bonchev–Trinajstić information content (AvgIpc) is 2.14. The standard InChI is InChI=1S/C9H19NO4/c1-4(2)9-8(13)7(12)6(10)5(3-11)14-9/h4-9,11-13H,3,10H2,1-2H3/t5?,6-,7+,8?,9+/m1/s1. The normalized spacial score (nSPS) is 44.4. The lowest BCUT2D eigenvalue weighted by Gasteiger charge is -2.42. The van der Waals surface area contributed by atoms with Crippen LogP contribution in [0.4, 0.5) is 0 Å². The summed E-state index contributed by atoms with van der Waals surface area (Å²) in [7, 11) is 0. The molecule has 0 bridgehead atoms. The van der Waals surface area contributed by atoms with Crippen LogP contribution in [0, 0.1) is 5.92 Å². The minimum Gasteiger partial charge on any atom is -0.394 e. The zero-order valence-corrected chi connectivity index (χ0v) is 8.50. The van der Waals surface area contributed by atoms with Gasteiger partial charge in [-0.25, -0.2) is 0 Å². The Kier molecular flexibility index (Phi) is 3.86.